The second kappa shape index (κ2) is 5.89. The van der Waals surface area contributed by atoms with Gasteiger partial charge in [-0.25, -0.2) is 4.57 Å². The highest BCUT2D eigenvalue weighted by molar-refractivity contribution is 7.96. The lowest BCUT2D eigenvalue weighted by molar-refractivity contribution is -0.671. The molecule has 1 aliphatic heterocycles. The van der Waals surface area contributed by atoms with Crippen LogP contribution in [0.2, 0.25) is 0 Å². The van der Waals surface area contributed by atoms with Crippen LogP contribution in [0.15, 0.2) is 28.9 Å². The third kappa shape index (κ3) is 2.84. The predicted molar refractivity (Wildman–Crippen MR) is 72.2 cm³/mol. The van der Waals surface area contributed by atoms with Crippen LogP contribution in [0.3, 0.4) is 0 Å². The first kappa shape index (κ1) is 12.9. The Bertz CT molecular complexity index is 518. The minimum Gasteiger partial charge on any atom is -0.340 e. The third-order valence-electron chi connectivity index (χ3n) is 2.55. The van der Waals surface area contributed by atoms with Crippen LogP contribution in [0, 0.1) is 12.0 Å². The van der Waals surface area contributed by atoms with E-state index in [-0.39, 0.29) is 6.04 Å². The van der Waals surface area contributed by atoms with Crippen molar-refractivity contribution >= 4 is 17.8 Å². The van der Waals surface area contributed by atoms with Crippen molar-refractivity contribution in [2.45, 2.75) is 26.3 Å². The van der Waals surface area contributed by atoms with E-state index >= 15 is 0 Å². The maximum absolute atomic E-state index is 5.35. The van der Waals surface area contributed by atoms with Crippen LogP contribution in [0.1, 0.15) is 25.8 Å². The molecule has 1 atom stereocenters. The van der Waals surface area contributed by atoms with Gasteiger partial charge in [-0.2, -0.15) is 4.40 Å². The fourth-order valence-corrected chi connectivity index (χ4v) is 2.35. The fraction of sp³-hybridized carbons (Fsp3) is 0.385. The lowest BCUT2D eigenvalue weighted by Gasteiger charge is -2.14. The van der Waals surface area contributed by atoms with Crippen LogP contribution in [-0.2, 0) is 11.9 Å². The minimum absolute atomic E-state index is 0.0866. The van der Waals surface area contributed by atoms with E-state index in [0.29, 0.717) is 0 Å². The van der Waals surface area contributed by atoms with Crippen molar-refractivity contribution in [1.82, 2.24) is 4.47 Å². The summed E-state index contributed by atoms with van der Waals surface area (Å²) in [5.41, 5.74) is 2.11. The molecule has 0 aromatic carbocycles. The van der Waals surface area contributed by atoms with Crippen molar-refractivity contribution in [2.24, 2.45) is 11.4 Å². The van der Waals surface area contributed by atoms with Crippen LogP contribution in [0.4, 0.5) is 0 Å². The maximum atomic E-state index is 5.35. The number of aromatic nitrogens is 1. The third-order valence-corrected chi connectivity index (χ3v) is 3.38. The standard InChI is InChI=1S/C13H16N3OS/c1-4-5-9-17-16-11(2)13(14-18-16)12-7-6-8-15(3)10-12/h6-8,10-11H,4H2,1-3H3/q+1. The molecule has 4 nitrogen and oxygen atoms in total. The Kier molecular flexibility index (Phi) is 4.24. The van der Waals surface area contributed by atoms with Gasteiger partial charge in [0.15, 0.2) is 12.4 Å². The van der Waals surface area contributed by atoms with Crippen molar-refractivity contribution in [1.29, 1.82) is 0 Å². The summed E-state index contributed by atoms with van der Waals surface area (Å²) in [6, 6.07) is 4.15. The molecule has 0 aliphatic carbocycles. The Balaban J connectivity index is 2.09. The molecule has 1 unspecified atom stereocenters. The van der Waals surface area contributed by atoms with Crippen molar-refractivity contribution < 1.29 is 9.40 Å². The lowest BCUT2D eigenvalue weighted by Crippen LogP contribution is -2.32. The van der Waals surface area contributed by atoms with Crippen molar-refractivity contribution in [3.05, 3.63) is 30.1 Å². The summed E-state index contributed by atoms with van der Waals surface area (Å²) < 4.78 is 8.16. The summed E-state index contributed by atoms with van der Waals surface area (Å²) >= 11 is 1.30. The molecule has 94 valence electrons. The highest BCUT2D eigenvalue weighted by Gasteiger charge is 2.30. The molecule has 1 aromatic rings. The number of hydrogen-bond donors (Lipinski definition) is 0. The Labute approximate surface area is 112 Å². The van der Waals surface area contributed by atoms with Crippen LogP contribution in [-0.4, -0.2) is 16.2 Å². The molecule has 2 heterocycles. The van der Waals surface area contributed by atoms with E-state index in [9.17, 15) is 0 Å². The Morgan fingerprint density at radius 1 is 1.61 bits per heavy atom. The predicted octanol–water partition coefficient (Wildman–Crippen LogP) is 1.87. The summed E-state index contributed by atoms with van der Waals surface area (Å²) in [5.74, 6) is 2.88. The average Bonchev–Trinajstić information content (AvgIpc) is 2.72. The molecule has 0 spiro atoms. The molecule has 0 saturated heterocycles. The van der Waals surface area contributed by atoms with Gasteiger partial charge in [0.05, 0.1) is 11.3 Å². The summed E-state index contributed by atoms with van der Waals surface area (Å²) in [4.78, 5) is 5.35. The second-order valence-electron chi connectivity index (χ2n) is 4.00. The van der Waals surface area contributed by atoms with Crippen LogP contribution >= 0.6 is 12.1 Å². The molecule has 5 heteroatoms. The topological polar surface area (TPSA) is 28.7 Å². The maximum Gasteiger partial charge on any atom is 0.177 e. The van der Waals surface area contributed by atoms with E-state index in [1.165, 1.54) is 12.1 Å². The van der Waals surface area contributed by atoms with Crippen molar-refractivity contribution in [3.8, 4) is 12.0 Å². The summed E-state index contributed by atoms with van der Waals surface area (Å²) in [6.45, 7) is 4.04. The molecule has 1 aromatic heterocycles. The smallest absolute Gasteiger partial charge is 0.177 e. The Hall–Kier alpha value is -1.51. The normalized spacial score (nSPS) is 19.1. The zero-order chi connectivity index (χ0) is 13.0. The average molecular weight is 262 g/mol. The van der Waals surface area contributed by atoms with Crippen molar-refractivity contribution in [2.75, 3.05) is 0 Å². The number of hydroxylamine groups is 1. The van der Waals surface area contributed by atoms with E-state index in [4.69, 9.17) is 4.84 Å². The molecule has 2 rings (SSSR count). The molecular weight excluding hydrogens is 246 g/mol. The largest absolute Gasteiger partial charge is 0.340 e. The first-order valence-electron chi connectivity index (χ1n) is 5.87. The van der Waals surface area contributed by atoms with Crippen molar-refractivity contribution in [3.63, 3.8) is 0 Å². The molecule has 0 amide bonds. The van der Waals surface area contributed by atoms with Gasteiger partial charge in [0.1, 0.15) is 31.3 Å². The van der Waals surface area contributed by atoms with Crippen LogP contribution in [0.5, 0.6) is 0 Å². The SMILES string of the molecule is CCC#CON1SN=C(c2ccc[n+](C)c2)C1C. The van der Waals surface area contributed by atoms with Gasteiger partial charge in [0.2, 0.25) is 0 Å². The Morgan fingerprint density at radius 3 is 3.17 bits per heavy atom. The number of rotatable bonds is 2. The van der Waals surface area contributed by atoms with E-state index in [1.54, 1.807) is 4.47 Å². The molecule has 18 heavy (non-hydrogen) atoms. The number of aryl methyl sites for hydroxylation is 1. The van der Waals surface area contributed by atoms with Gasteiger partial charge in [0.25, 0.3) is 0 Å². The van der Waals surface area contributed by atoms with Gasteiger partial charge >= 0.3 is 0 Å². The van der Waals surface area contributed by atoms with Gasteiger partial charge in [-0.05, 0) is 17.5 Å². The zero-order valence-corrected chi connectivity index (χ0v) is 11.6. The summed E-state index contributed by atoms with van der Waals surface area (Å²) in [7, 11) is 2.00. The Morgan fingerprint density at radius 2 is 2.44 bits per heavy atom. The van der Waals surface area contributed by atoms with Crippen LogP contribution in [0.25, 0.3) is 0 Å². The first-order chi connectivity index (χ1) is 8.72. The molecule has 0 radical (unpaired) electrons. The van der Waals surface area contributed by atoms with Gasteiger partial charge < -0.3 is 4.84 Å². The molecule has 1 aliphatic rings. The summed E-state index contributed by atoms with van der Waals surface area (Å²) in [6.07, 6.45) is 7.50. The fourth-order valence-electron chi connectivity index (χ4n) is 1.61. The summed E-state index contributed by atoms with van der Waals surface area (Å²) in [5, 5.41) is 0. The van der Waals surface area contributed by atoms with Gasteiger partial charge in [0, 0.05) is 12.5 Å². The highest BCUT2D eigenvalue weighted by Crippen LogP contribution is 2.27. The van der Waals surface area contributed by atoms with E-state index in [1.807, 2.05) is 30.8 Å². The first-order valence-corrected chi connectivity index (χ1v) is 6.60. The molecule has 0 N–H and O–H groups in total. The molecule has 0 bridgehead atoms. The van der Waals surface area contributed by atoms with E-state index in [2.05, 4.69) is 35.6 Å². The number of nitrogens with zero attached hydrogens (tertiary/aromatic N) is 3. The minimum atomic E-state index is 0.0866. The highest BCUT2D eigenvalue weighted by atomic mass is 32.2. The lowest BCUT2D eigenvalue weighted by atomic mass is 10.1. The number of hydrogen-bond acceptors (Lipinski definition) is 4. The molecule has 0 fully saturated rings. The quantitative estimate of drug-likeness (QED) is 0.463. The van der Waals surface area contributed by atoms with Gasteiger partial charge in [-0.3, -0.25) is 0 Å². The molecule has 0 saturated carbocycles. The zero-order valence-electron chi connectivity index (χ0n) is 10.8. The molecular formula is C13H16N3OS+. The second-order valence-corrected chi connectivity index (χ2v) is 4.71. The monoisotopic (exact) mass is 262 g/mol. The number of pyridine rings is 1. The van der Waals surface area contributed by atoms with Gasteiger partial charge in [-0.1, -0.05) is 12.8 Å². The van der Waals surface area contributed by atoms with E-state index in [0.717, 1.165) is 17.7 Å². The van der Waals surface area contributed by atoms with Gasteiger partial charge in [-0.15, -0.1) is 0 Å². The van der Waals surface area contributed by atoms with Crippen LogP contribution < -0.4 is 4.57 Å². The van der Waals surface area contributed by atoms with E-state index < -0.39 is 0 Å².